The Morgan fingerprint density at radius 2 is 1.95 bits per heavy atom. The molecule has 0 aromatic heterocycles. The molecule has 1 aromatic carbocycles. The second kappa shape index (κ2) is 7.95. The summed E-state index contributed by atoms with van der Waals surface area (Å²) in [5.74, 6) is -0.395. The van der Waals surface area contributed by atoms with Crippen LogP contribution in [0.3, 0.4) is 0 Å². The van der Waals surface area contributed by atoms with Crippen molar-refractivity contribution in [1.29, 1.82) is 5.26 Å². The molecule has 0 fully saturated rings. The van der Waals surface area contributed by atoms with Crippen LogP contribution in [0, 0.1) is 11.3 Å². The van der Waals surface area contributed by atoms with Crippen LogP contribution < -0.4 is 10.6 Å². The summed E-state index contributed by atoms with van der Waals surface area (Å²) >= 11 is 0. The van der Waals surface area contributed by atoms with Crippen LogP contribution in [0.5, 0.6) is 0 Å². The number of carbonyl (C=O) groups is 2. The molecule has 1 aromatic rings. The minimum Gasteiger partial charge on any atom is -0.354 e. The average molecular weight is 273 g/mol. The number of benzene rings is 1. The number of hydrogen-bond donors (Lipinski definition) is 2. The summed E-state index contributed by atoms with van der Waals surface area (Å²) in [6.07, 6.45) is 1.05. The molecule has 0 aliphatic rings. The lowest BCUT2D eigenvalue weighted by atomic mass is 10.1. The van der Waals surface area contributed by atoms with Crippen LogP contribution in [0.15, 0.2) is 24.3 Å². The van der Waals surface area contributed by atoms with Gasteiger partial charge in [-0.2, -0.15) is 5.26 Å². The van der Waals surface area contributed by atoms with Gasteiger partial charge in [0.2, 0.25) is 11.8 Å². The number of nitrogens with zero attached hydrogens (tertiary/aromatic N) is 1. The molecular weight excluding hydrogens is 254 g/mol. The molecule has 0 aliphatic heterocycles. The first-order chi connectivity index (χ1) is 9.56. The summed E-state index contributed by atoms with van der Waals surface area (Å²) in [6, 6.07) is 8.28. The van der Waals surface area contributed by atoms with Crippen molar-refractivity contribution >= 4 is 11.8 Å². The van der Waals surface area contributed by atoms with Gasteiger partial charge in [0.25, 0.3) is 0 Å². The van der Waals surface area contributed by atoms with E-state index in [4.69, 9.17) is 5.26 Å². The lowest BCUT2D eigenvalue weighted by Crippen LogP contribution is -2.45. The van der Waals surface area contributed by atoms with Crippen molar-refractivity contribution in [3.05, 3.63) is 35.4 Å². The molecule has 2 amide bonds. The highest BCUT2D eigenvalue weighted by Crippen LogP contribution is 2.04. The van der Waals surface area contributed by atoms with E-state index >= 15 is 0 Å². The fourth-order valence-corrected chi connectivity index (χ4v) is 1.64. The van der Waals surface area contributed by atoms with Crippen LogP contribution in [0.4, 0.5) is 0 Å². The van der Waals surface area contributed by atoms with Gasteiger partial charge in [-0.05, 0) is 31.0 Å². The summed E-state index contributed by atoms with van der Waals surface area (Å²) in [5, 5.41) is 14.1. The lowest BCUT2D eigenvalue weighted by molar-refractivity contribution is -0.128. The highest BCUT2D eigenvalue weighted by molar-refractivity contribution is 5.88. The maximum Gasteiger partial charge on any atom is 0.242 e. The van der Waals surface area contributed by atoms with Gasteiger partial charge < -0.3 is 10.6 Å². The number of rotatable bonds is 6. The van der Waals surface area contributed by atoms with Crippen molar-refractivity contribution in [1.82, 2.24) is 10.6 Å². The molecule has 1 rings (SSSR count). The fourth-order valence-electron chi connectivity index (χ4n) is 1.64. The first kappa shape index (κ1) is 15.7. The van der Waals surface area contributed by atoms with Gasteiger partial charge in [0.1, 0.15) is 6.04 Å². The van der Waals surface area contributed by atoms with Gasteiger partial charge in [0.15, 0.2) is 0 Å². The molecule has 106 valence electrons. The Kier molecular flexibility index (Phi) is 6.24. The van der Waals surface area contributed by atoms with E-state index in [0.717, 1.165) is 12.0 Å². The second-order valence-electron chi connectivity index (χ2n) is 4.57. The third-order valence-corrected chi connectivity index (χ3v) is 2.77. The molecule has 0 saturated heterocycles. The molecule has 20 heavy (non-hydrogen) atoms. The Bertz CT molecular complexity index is 503. The Labute approximate surface area is 119 Å². The van der Waals surface area contributed by atoms with Crippen LogP contribution in [-0.4, -0.2) is 24.4 Å². The zero-order valence-corrected chi connectivity index (χ0v) is 11.8. The van der Waals surface area contributed by atoms with Crippen molar-refractivity contribution in [3.8, 4) is 6.07 Å². The summed E-state index contributed by atoms with van der Waals surface area (Å²) in [5.41, 5.74) is 1.36. The molecule has 0 aliphatic carbocycles. The van der Waals surface area contributed by atoms with Crippen molar-refractivity contribution < 1.29 is 9.59 Å². The largest absolute Gasteiger partial charge is 0.354 e. The first-order valence-corrected chi connectivity index (χ1v) is 6.63. The Morgan fingerprint density at radius 1 is 1.30 bits per heavy atom. The Morgan fingerprint density at radius 3 is 2.50 bits per heavy atom. The summed E-state index contributed by atoms with van der Waals surface area (Å²) in [7, 11) is 0. The molecule has 0 radical (unpaired) electrons. The molecule has 5 heteroatoms. The summed E-state index contributed by atoms with van der Waals surface area (Å²) < 4.78 is 0. The molecule has 1 atom stereocenters. The van der Waals surface area contributed by atoms with Gasteiger partial charge >= 0.3 is 0 Å². The average Bonchev–Trinajstić information content (AvgIpc) is 2.45. The molecule has 0 saturated carbocycles. The van der Waals surface area contributed by atoms with Crippen LogP contribution in [-0.2, 0) is 16.0 Å². The molecule has 0 bridgehead atoms. The summed E-state index contributed by atoms with van der Waals surface area (Å²) in [4.78, 5) is 23.4. The molecule has 2 N–H and O–H groups in total. The Hall–Kier alpha value is -2.35. The third kappa shape index (κ3) is 5.11. The predicted octanol–water partition coefficient (Wildman–Crippen LogP) is 1.13. The first-order valence-electron chi connectivity index (χ1n) is 6.63. The molecule has 0 spiro atoms. The number of amides is 2. The highest BCUT2D eigenvalue weighted by atomic mass is 16.2. The topological polar surface area (TPSA) is 82.0 Å². The van der Waals surface area contributed by atoms with Gasteiger partial charge in [-0.25, -0.2) is 0 Å². The fraction of sp³-hybridized carbons (Fsp3) is 0.400. The number of hydrogen-bond acceptors (Lipinski definition) is 3. The maximum atomic E-state index is 11.8. The number of nitrogens with one attached hydrogen (secondary N) is 2. The molecular formula is C15H19N3O2. The zero-order chi connectivity index (χ0) is 15.0. The SMILES string of the molecule is CCCNC(=O)C(C)NC(=O)Cc1ccc(C#N)cc1. The van der Waals surface area contributed by atoms with E-state index in [2.05, 4.69) is 10.6 Å². The third-order valence-electron chi connectivity index (χ3n) is 2.77. The van der Waals surface area contributed by atoms with Crippen LogP contribution in [0.2, 0.25) is 0 Å². The number of carbonyl (C=O) groups excluding carboxylic acids is 2. The lowest BCUT2D eigenvalue weighted by Gasteiger charge is -2.13. The number of nitriles is 1. The van der Waals surface area contributed by atoms with Crippen molar-refractivity contribution in [3.63, 3.8) is 0 Å². The minimum absolute atomic E-state index is 0.181. The Balaban J connectivity index is 2.46. The van der Waals surface area contributed by atoms with Gasteiger partial charge in [-0.3, -0.25) is 9.59 Å². The minimum atomic E-state index is -0.549. The van der Waals surface area contributed by atoms with E-state index in [1.165, 1.54) is 0 Å². The van der Waals surface area contributed by atoms with E-state index in [9.17, 15) is 9.59 Å². The molecule has 1 unspecified atom stereocenters. The van der Waals surface area contributed by atoms with Crippen molar-refractivity contribution in [2.75, 3.05) is 6.54 Å². The monoisotopic (exact) mass is 273 g/mol. The van der Waals surface area contributed by atoms with Crippen molar-refractivity contribution in [2.24, 2.45) is 0 Å². The van der Waals surface area contributed by atoms with E-state index in [1.807, 2.05) is 13.0 Å². The van der Waals surface area contributed by atoms with Gasteiger partial charge in [0, 0.05) is 6.54 Å². The molecule has 5 nitrogen and oxygen atoms in total. The van der Waals surface area contributed by atoms with E-state index < -0.39 is 6.04 Å². The van der Waals surface area contributed by atoms with Gasteiger partial charge in [0.05, 0.1) is 18.1 Å². The van der Waals surface area contributed by atoms with Gasteiger partial charge in [-0.1, -0.05) is 19.1 Å². The normalized spacial score (nSPS) is 11.2. The van der Waals surface area contributed by atoms with Gasteiger partial charge in [-0.15, -0.1) is 0 Å². The van der Waals surface area contributed by atoms with E-state index in [1.54, 1.807) is 31.2 Å². The maximum absolute atomic E-state index is 11.8. The summed E-state index contributed by atoms with van der Waals surface area (Å²) in [6.45, 7) is 4.23. The zero-order valence-electron chi connectivity index (χ0n) is 11.8. The van der Waals surface area contributed by atoms with Crippen LogP contribution in [0.1, 0.15) is 31.4 Å². The second-order valence-corrected chi connectivity index (χ2v) is 4.57. The highest BCUT2D eigenvalue weighted by Gasteiger charge is 2.14. The predicted molar refractivity (Wildman–Crippen MR) is 75.8 cm³/mol. The molecule has 0 heterocycles. The smallest absolute Gasteiger partial charge is 0.242 e. The van der Waals surface area contributed by atoms with Crippen LogP contribution in [0.25, 0.3) is 0 Å². The van der Waals surface area contributed by atoms with Crippen LogP contribution >= 0.6 is 0 Å². The van der Waals surface area contributed by atoms with E-state index in [-0.39, 0.29) is 18.2 Å². The quantitative estimate of drug-likeness (QED) is 0.815. The standard InChI is InChI=1S/C15H19N3O2/c1-3-8-17-15(20)11(2)18-14(19)9-12-4-6-13(10-16)7-5-12/h4-7,11H,3,8-9H2,1-2H3,(H,17,20)(H,18,19). The van der Waals surface area contributed by atoms with E-state index in [0.29, 0.717) is 12.1 Å². The van der Waals surface area contributed by atoms with Crippen molar-refractivity contribution in [2.45, 2.75) is 32.7 Å².